The maximum atomic E-state index is 12.8. The lowest BCUT2D eigenvalue weighted by molar-refractivity contribution is 0.389. The molecule has 32 heavy (non-hydrogen) atoms. The molecule has 0 bridgehead atoms. The van der Waals surface area contributed by atoms with Crippen molar-refractivity contribution in [3.63, 3.8) is 0 Å². The van der Waals surface area contributed by atoms with Crippen molar-refractivity contribution >= 4 is 31.6 Å². The number of sulfonamides is 1. The van der Waals surface area contributed by atoms with Crippen molar-refractivity contribution in [2.75, 3.05) is 42.6 Å². The SMILES string of the molecule is Cc1ccc(C=CS(=O)(=O)N2CCN(c3c(C)nn(C4CCS(=O)(=O)C4)c3C)CC2)cc1. The van der Waals surface area contributed by atoms with Gasteiger partial charge >= 0.3 is 0 Å². The molecular formula is C22H30N4O4S2. The Kier molecular flexibility index (Phi) is 6.21. The maximum absolute atomic E-state index is 12.8. The van der Waals surface area contributed by atoms with E-state index in [4.69, 9.17) is 0 Å². The lowest BCUT2D eigenvalue weighted by Gasteiger charge is -2.35. The van der Waals surface area contributed by atoms with Crippen LogP contribution >= 0.6 is 0 Å². The van der Waals surface area contributed by atoms with E-state index in [1.807, 2.05) is 49.7 Å². The monoisotopic (exact) mass is 478 g/mol. The summed E-state index contributed by atoms with van der Waals surface area (Å²) in [6, 6.07) is 7.59. The molecule has 1 aromatic carbocycles. The molecule has 3 heterocycles. The van der Waals surface area contributed by atoms with Gasteiger partial charge in [0.25, 0.3) is 0 Å². The van der Waals surface area contributed by atoms with Crippen LogP contribution in [-0.4, -0.2) is 68.6 Å². The quantitative estimate of drug-likeness (QED) is 0.655. The minimum Gasteiger partial charge on any atom is -0.366 e. The Morgan fingerprint density at radius 3 is 2.28 bits per heavy atom. The normalized spacial score (nSPS) is 22.1. The summed E-state index contributed by atoms with van der Waals surface area (Å²) in [6.07, 6.45) is 2.22. The number of aromatic nitrogens is 2. The van der Waals surface area contributed by atoms with Crippen LogP contribution in [-0.2, 0) is 19.9 Å². The van der Waals surface area contributed by atoms with Crippen molar-refractivity contribution in [2.45, 2.75) is 33.2 Å². The summed E-state index contributed by atoms with van der Waals surface area (Å²) in [5.41, 5.74) is 4.76. The van der Waals surface area contributed by atoms with E-state index in [-0.39, 0.29) is 17.5 Å². The molecule has 10 heteroatoms. The smallest absolute Gasteiger partial charge is 0.236 e. The Morgan fingerprint density at radius 1 is 1.03 bits per heavy atom. The zero-order valence-electron chi connectivity index (χ0n) is 18.7. The van der Waals surface area contributed by atoms with Crippen LogP contribution in [0, 0.1) is 20.8 Å². The largest absolute Gasteiger partial charge is 0.366 e. The maximum Gasteiger partial charge on any atom is 0.236 e. The van der Waals surface area contributed by atoms with Gasteiger partial charge in [-0.05, 0) is 38.8 Å². The number of hydrogen-bond donors (Lipinski definition) is 0. The third-order valence-electron chi connectivity index (χ3n) is 6.27. The summed E-state index contributed by atoms with van der Waals surface area (Å²) in [7, 11) is -6.49. The molecule has 0 radical (unpaired) electrons. The summed E-state index contributed by atoms with van der Waals surface area (Å²) < 4.78 is 52.7. The molecule has 1 aromatic heterocycles. The average molecular weight is 479 g/mol. The molecule has 4 rings (SSSR count). The van der Waals surface area contributed by atoms with Gasteiger partial charge < -0.3 is 4.90 Å². The fourth-order valence-corrected chi connectivity index (χ4v) is 7.40. The molecule has 2 aromatic rings. The highest BCUT2D eigenvalue weighted by atomic mass is 32.2. The molecule has 2 aliphatic rings. The minimum absolute atomic E-state index is 0.124. The highest BCUT2D eigenvalue weighted by molar-refractivity contribution is 7.92. The van der Waals surface area contributed by atoms with Gasteiger partial charge in [-0.15, -0.1) is 0 Å². The molecule has 0 spiro atoms. The zero-order chi connectivity index (χ0) is 23.1. The van der Waals surface area contributed by atoms with Gasteiger partial charge in [-0.25, -0.2) is 16.8 Å². The number of anilines is 1. The van der Waals surface area contributed by atoms with Crippen molar-refractivity contribution in [2.24, 2.45) is 0 Å². The first-order valence-electron chi connectivity index (χ1n) is 10.8. The van der Waals surface area contributed by atoms with E-state index in [2.05, 4.69) is 10.00 Å². The fraction of sp³-hybridized carbons (Fsp3) is 0.500. The Morgan fingerprint density at radius 2 is 1.69 bits per heavy atom. The summed E-state index contributed by atoms with van der Waals surface area (Å²) in [5, 5.41) is 5.92. The van der Waals surface area contributed by atoms with Crippen molar-refractivity contribution in [3.8, 4) is 0 Å². The lowest BCUT2D eigenvalue weighted by Crippen LogP contribution is -2.48. The molecule has 0 amide bonds. The molecular weight excluding hydrogens is 448 g/mol. The topological polar surface area (TPSA) is 92.6 Å². The van der Waals surface area contributed by atoms with Crippen LogP contribution in [0.1, 0.15) is 35.0 Å². The second-order valence-electron chi connectivity index (χ2n) is 8.67. The number of nitrogens with zero attached hydrogens (tertiary/aromatic N) is 4. The zero-order valence-corrected chi connectivity index (χ0v) is 20.4. The van der Waals surface area contributed by atoms with E-state index < -0.39 is 19.9 Å². The van der Waals surface area contributed by atoms with E-state index in [0.29, 0.717) is 32.6 Å². The number of benzene rings is 1. The second kappa shape index (κ2) is 8.64. The molecule has 0 aliphatic carbocycles. The highest BCUT2D eigenvalue weighted by Crippen LogP contribution is 2.32. The number of sulfone groups is 1. The lowest BCUT2D eigenvalue weighted by atomic mass is 10.2. The van der Waals surface area contributed by atoms with E-state index in [0.717, 1.165) is 28.2 Å². The van der Waals surface area contributed by atoms with Gasteiger partial charge in [-0.1, -0.05) is 29.8 Å². The Labute approximate surface area is 190 Å². The Balaban J connectivity index is 1.44. The predicted molar refractivity (Wildman–Crippen MR) is 127 cm³/mol. The Hall–Kier alpha value is -2.17. The van der Waals surface area contributed by atoms with Crippen LogP contribution in [0.5, 0.6) is 0 Å². The summed E-state index contributed by atoms with van der Waals surface area (Å²) in [5.74, 6) is 0.339. The first-order valence-corrected chi connectivity index (χ1v) is 14.1. The van der Waals surface area contributed by atoms with Crippen LogP contribution in [0.2, 0.25) is 0 Å². The van der Waals surface area contributed by atoms with Crippen LogP contribution in [0.3, 0.4) is 0 Å². The van der Waals surface area contributed by atoms with Crippen LogP contribution in [0.25, 0.3) is 6.08 Å². The fourth-order valence-electron chi connectivity index (χ4n) is 4.53. The molecule has 1 atom stereocenters. The van der Waals surface area contributed by atoms with Crippen LogP contribution in [0.4, 0.5) is 5.69 Å². The van der Waals surface area contributed by atoms with Crippen LogP contribution < -0.4 is 4.90 Å². The van der Waals surface area contributed by atoms with Gasteiger partial charge in [0.15, 0.2) is 9.84 Å². The van der Waals surface area contributed by atoms with E-state index in [1.54, 1.807) is 6.08 Å². The Bertz CT molecular complexity index is 1220. The molecule has 0 saturated carbocycles. The van der Waals surface area contributed by atoms with E-state index >= 15 is 0 Å². The molecule has 2 fully saturated rings. The first kappa shape index (κ1) is 23.0. The van der Waals surface area contributed by atoms with Crippen molar-refractivity contribution in [1.82, 2.24) is 14.1 Å². The third kappa shape index (κ3) is 4.77. The molecule has 8 nitrogen and oxygen atoms in total. The second-order valence-corrected chi connectivity index (χ2v) is 12.7. The van der Waals surface area contributed by atoms with Gasteiger partial charge in [-0.3, -0.25) is 4.68 Å². The highest BCUT2D eigenvalue weighted by Gasteiger charge is 2.33. The third-order valence-corrected chi connectivity index (χ3v) is 9.58. The van der Waals surface area contributed by atoms with E-state index in [9.17, 15) is 16.8 Å². The van der Waals surface area contributed by atoms with Gasteiger partial charge in [0.1, 0.15) is 0 Å². The average Bonchev–Trinajstić information content (AvgIpc) is 3.25. The van der Waals surface area contributed by atoms with E-state index in [1.165, 1.54) is 9.71 Å². The molecule has 174 valence electrons. The number of hydrogen-bond acceptors (Lipinski definition) is 6. The molecule has 2 saturated heterocycles. The predicted octanol–water partition coefficient (Wildman–Crippen LogP) is 2.29. The minimum atomic E-state index is -3.50. The summed E-state index contributed by atoms with van der Waals surface area (Å²) >= 11 is 0. The van der Waals surface area contributed by atoms with Crippen molar-refractivity contribution < 1.29 is 16.8 Å². The molecule has 2 aliphatic heterocycles. The molecule has 0 N–H and O–H groups in total. The summed E-state index contributed by atoms with van der Waals surface area (Å²) in [6.45, 7) is 7.79. The molecule has 1 unspecified atom stereocenters. The van der Waals surface area contributed by atoms with Gasteiger partial charge in [0.05, 0.1) is 34.6 Å². The van der Waals surface area contributed by atoms with Crippen molar-refractivity contribution in [3.05, 3.63) is 52.2 Å². The van der Waals surface area contributed by atoms with Gasteiger partial charge in [0, 0.05) is 31.6 Å². The van der Waals surface area contributed by atoms with Crippen molar-refractivity contribution in [1.29, 1.82) is 0 Å². The van der Waals surface area contributed by atoms with Gasteiger partial charge in [0.2, 0.25) is 10.0 Å². The number of aryl methyl sites for hydroxylation is 2. The van der Waals surface area contributed by atoms with Gasteiger partial charge in [-0.2, -0.15) is 9.40 Å². The first-order chi connectivity index (χ1) is 15.1. The summed E-state index contributed by atoms with van der Waals surface area (Å²) in [4.78, 5) is 2.16. The standard InChI is InChI=1S/C22H30N4O4S2/c1-17-4-6-20(7-5-17)8-15-32(29,30)25-12-10-24(11-13-25)22-18(2)23-26(19(22)3)21-9-14-31(27,28)16-21/h4-8,15,21H,9-14,16H2,1-3H3. The number of piperazine rings is 1. The van der Waals surface area contributed by atoms with Crippen LogP contribution in [0.15, 0.2) is 29.7 Å². The number of rotatable bonds is 5.